The first kappa shape index (κ1) is 20.9. The molecule has 158 valence electrons. The Labute approximate surface area is 181 Å². The minimum absolute atomic E-state index is 0.157. The Morgan fingerprint density at radius 3 is 2.29 bits per heavy atom. The number of nitrogens with zero attached hydrogens (tertiary/aromatic N) is 3. The zero-order valence-electron chi connectivity index (χ0n) is 16.3. The smallest absolute Gasteiger partial charge is 0.303 e. The molecule has 0 radical (unpaired) electrons. The van der Waals surface area contributed by atoms with E-state index in [4.69, 9.17) is 0 Å². The highest BCUT2D eigenvalue weighted by molar-refractivity contribution is 7.12. The molecule has 0 N–H and O–H groups in total. The van der Waals surface area contributed by atoms with Gasteiger partial charge in [0.05, 0.1) is 18.0 Å². The van der Waals surface area contributed by atoms with Gasteiger partial charge in [-0.1, -0.05) is 48.5 Å². The fraction of sp³-hybridized carbons (Fsp3) is 0.130. The van der Waals surface area contributed by atoms with Crippen LogP contribution in [0.1, 0.15) is 26.5 Å². The van der Waals surface area contributed by atoms with Crippen LogP contribution in [0.2, 0.25) is 0 Å². The van der Waals surface area contributed by atoms with Gasteiger partial charge < -0.3 is 4.90 Å². The average Bonchev–Trinajstić information content (AvgIpc) is 3.43. The summed E-state index contributed by atoms with van der Waals surface area (Å²) >= 11 is 1.27. The second kappa shape index (κ2) is 8.77. The van der Waals surface area contributed by atoms with Gasteiger partial charge in [-0.15, -0.1) is 11.3 Å². The first-order chi connectivity index (χ1) is 14.9. The summed E-state index contributed by atoms with van der Waals surface area (Å²) in [6, 6.07) is 21.7. The van der Waals surface area contributed by atoms with E-state index in [0.717, 1.165) is 22.9 Å². The molecule has 0 fully saturated rings. The largest absolute Gasteiger partial charge is 0.435 e. The fourth-order valence-electron chi connectivity index (χ4n) is 3.15. The van der Waals surface area contributed by atoms with Crippen LogP contribution in [0.5, 0.6) is 0 Å². The van der Waals surface area contributed by atoms with Crippen LogP contribution in [0.15, 0.2) is 84.4 Å². The predicted molar refractivity (Wildman–Crippen MR) is 114 cm³/mol. The number of carbonyl (C=O) groups excluding carboxylic acids is 1. The Balaban J connectivity index is 1.55. The lowest BCUT2D eigenvalue weighted by Crippen LogP contribution is -2.29. The first-order valence-electron chi connectivity index (χ1n) is 9.49. The normalized spacial score (nSPS) is 11.5. The Bertz CT molecular complexity index is 1150. The van der Waals surface area contributed by atoms with Crippen LogP contribution in [-0.4, -0.2) is 15.7 Å². The molecule has 31 heavy (non-hydrogen) atoms. The van der Waals surface area contributed by atoms with Crippen molar-refractivity contribution >= 4 is 22.9 Å². The van der Waals surface area contributed by atoms with E-state index in [1.807, 2.05) is 60.7 Å². The molecule has 2 aromatic heterocycles. The van der Waals surface area contributed by atoms with E-state index in [1.54, 1.807) is 16.3 Å². The number of amides is 1. The maximum atomic E-state index is 13.3. The fourth-order valence-corrected chi connectivity index (χ4v) is 4.00. The maximum absolute atomic E-state index is 13.3. The summed E-state index contributed by atoms with van der Waals surface area (Å²) in [5, 5.41) is 5.34. The van der Waals surface area contributed by atoms with Crippen molar-refractivity contribution < 1.29 is 18.0 Å². The van der Waals surface area contributed by atoms with E-state index in [-0.39, 0.29) is 12.5 Å². The minimum Gasteiger partial charge on any atom is -0.303 e. The number of benzene rings is 2. The van der Waals surface area contributed by atoms with Crippen LogP contribution in [-0.2, 0) is 19.3 Å². The molecule has 8 heteroatoms. The molecule has 0 atom stereocenters. The summed E-state index contributed by atoms with van der Waals surface area (Å²) in [6.45, 7) is 0.564. The highest BCUT2D eigenvalue weighted by atomic mass is 32.1. The molecule has 0 saturated carbocycles. The van der Waals surface area contributed by atoms with E-state index < -0.39 is 11.9 Å². The topological polar surface area (TPSA) is 38.1 Å². The summed E-state index contributed by atoms with van der Waals surface area (Å²) in [6.07, 6.45) is -3.19. The first-order valence-corrected chi connectivity index (χ1v) is 10.4. The van der Waals surface area contributed by atoms with Crippen LogP contribution in [0.4, 0.5) is 18.9 Å². The number of hydrogen-bond donors (Lipinski definition) is 0. The number of halogens is 3. The molecule has 0 spiro atoms. The average molecular weight is 441 g/mol. The van der Waals surface area contributed by atoms with Gasteiger partial charge in [0.25, 0.3) is 5.91 Å². The molecule has 0 bridgehead atoms. The molecule has 2 aromatic carbocycles. The number of alkyl halides is 3. The Morgan fingerprint density at radius 2 is 1.65 bits per heavy atom. The van der Waals surface area contributed by atoms with Gasteiger partial charge in [-0.05, 0) is 40.8 Å². The zero-order valence-corrected chi connectivity index (χ0v) is 17.1. The van der Waals surface area contributed by atoms with Gasteiger partial charge in [0, 0.05) is 11.9 Å². The summed E-state index contributed by atoms with van der Waals surface area (Å²) < 4.78 is 39.5. The second-order valence-electron chi connectivity index (χ2n) is 6.93. The van der Waals surface area contributed by atoms with E-state index in [9.17, 15) is 18.0 Å². The molecular formula is C23H18F3N3OS. The van der Waals surface area contributed by atoms with Gasteiger partial charge in [0.1, 0.15) is 0 Å². The monoisotopic (exact) mass is 441 g/mol. The Morgan fingerprint density at radius 1 is 0.968 bits per heavy atom. The highest BCUT2D eigenvalue weighted by Crippen LogP contribution is 2.28. The Kier molecular flexibility index (Phi) is 5.90. The third kappa shape index (κ3) is 5.03. The molecule has 0 saturated heterocycles. The standard InChI is InChI=1S/C23H18F3N3OS/c24-23(25,26)21-11-12-28(27-21)14-18-13-20(31-16-18)22(30)29(19-9-5-2-6-10-19)15-17-7-3-1-4-8-17/h1-13,16H,14-15H2. The quantitative estimate of drug-likeness (QED) is 0.376. The summed E-state index contributed by atoms with van der Waals surface area (Å²) in [4.78, 5) is 15.5. The second-order valence-corrected chi connectivity index (χ2v) is 7.84. The predicted octanol–water partition coefficient (Wildman–Crippen LogP) is 5.86. The highest BCUT2D eigenvalue weighted by Gasteiger charge is 2.33. The van der Waals surface area contributed by atoms with Crippen molar-refractivity contribution in [2.75, 3.05) is 4.90 Å². The van der Waals surface area contributed by atoms with E-state index in [2.05, 4.69) is 5.10 Å². The van der Waals surface area contributed by atoms with Crippen molar-refractivity contribution in [1.82, 2.24) is 9.78 Å². The van der Waals surface area contributed by atoms with Crippen LogP contribution in [0, 0.1) is 0 Å². The third-order valence-electron chi connectivity index (χ3n) is 4.64. The number of aromatic nitrogens is 2. The Hall–Kier alpha value is -3.39. The summed E-state index contributed by atoms with van der Waals surface area (Å²) in [5.41, 5.74) is 1.55. The maximum Gasteiger partial charge on any atom is 0.435 e. The minimum atomic E-state index is -4.48. The number of para-hydroxylation sites is 1. The molecule has 4 aromatic rings. The van der Waals surface area contributed by atoms with E-state index in [1.165, 1.54) is 22.2 Å². The lowest BCUT2D eigenvalue weighted by Gasteiger charge is -2.22. The summed E-state index contributed by atoms with van der Waals surface area (Å²) in [7, 11) is 0. The molecule has 4 nitrogen and oxygen atoms in total. The molecule has 0 aliphatic heterocycles. The number of anilines is 1. The van der Waals surface area contributed by atoms with Gasteiger partial charge in [-0.2, -0.15) is 18.3 Å². The van der Waals surface area contributed by atoms with Gasteiger partial charge in [0.2, 0.25) is 0 Å². The number of hydrogen-bond acceptors (Lipinski definition) is 3. The lowest BCUT2D eigenvalue weighted by molar-refractivity contribution is -0.141. The van der Waals surface area contributed by atoms with E-state index in [0.29, 0.717) is 11.4 Å². The lowest BCUT2D eigenvalue weighted by atomic mass is 10.2. The molecular weight excluding hydrogens is 423 g/mol. The van der Waals surface area contributed by atoms with Gasteiger partial charge in [-0.25, -0.2) is 0 Å². The van der Waals surface area contributed by atoms with Crippen molar-refractivity contribution in [3.63, 3.8) is 0 Å². The molecule has 0 aliphatic rings. The number of rotatable bonds is 6. The number of carbonyl (C=O) groups is 1. The van der Waals surface area contributed by atoms with Crippen molar-refractivity contribution in [3.05, 3.63) is 106 Å². The van der Waals surface area contributed by atoms with E-state index >= 15 is 0 Å². The summed E-state index contributed by atoms with van der Waals surface area (Å²) in [5.74, 6) is -0.164. The van der Waals surface area contributed by atoms with Crippen LogP contribution >= 0.6 is 11.3 Å². The van der Waals surface area contributed by atoms with Crippen LogP contribution in [0.25, 0.3) is 0 Å². The van der Waals surface area contributed by atoms with Gasteiger partial charge in [0.15, 0.2) is 5.69 Å². The van der Waals surface area contributed by atoms with Crippen LogP contribution < -0.4 is 4.90 Å². The van der Waals surface area contributed by atoms with Crippen molar-refractivity contribution in [3.8, 4) is 0 Å². The zero-order chi connectivity index (χ0) is 21.8. The van der Waals surface area contributed by atoms with Crippen molar-refractivity contribution in [2.24, 2.45) is 0 Å². The molecule has 0 unspecified atom stereocenters. The van der Waals surface area contributed by atoms with Crippen molar-refractivity contribution in [2.45, 2.75) is 19.3 Å². The van der Waals surface area contributed by atoms with Gasteiger partial charge >= 0.3 is 6.18 Å². The third-order valence-corrected chi connectivity index (χ3v) is 5.60. The van der Waals surface area contributed by atoms with Gasteiger partial charge in [-0.3, -0.25) is 9.48 Å². The van der Waals surface area contributed by atoms with Crippen molar-refractivity contribution in [1.29, 1.82) is 0 Å². The molecule has 4 rings (SSSR count). The van der Waals surface area contributed by atoms with Crippen LogP contribution in [0.3, 0.4) is 0 Å². The SMILES string of the molecule is O=C(c1cc(Cn2ccc(C(F)(F)F)n2)cs1)N(Cc1ccccc1)c1ccccc1. The molecule has 2 heterocycles. The number of thiophene rings is 1. The molecule has 0 aliphatic carbocycles. The molecule has 1 amide bonds.